The van der Waals surface area contributed by atoms with Gasteiger partial charge in [0.2, 0.25) is 0 Å². The Bertz CT molecular complexity index is 871. The van der Waals surface area contributed by atoms with E-state index >= 15 is 0 Å². The Morgan fingerprint density at radius 3 is 2.62 bits per heavy atom. The molecule has 1 aliphatic heterocycles. The van der Waals surface area contributed by atoms with Gasteiger partial charge in [-0.25, -0.2) is 0 Å². The lowest BCUT2D eigenvalue weighted by molar-refractivity contribution is 0.0692. The molecule has 0 aliphatic carbocycles. The summed E-state index contributed by atoms with van der Waals surface area (Å²) < 4.78 is 1.76. The molecule has 1 saturated heterocycles. The first-order chi connectivity index (χ1) is 14.0. The Morgan fingerprint density at radius 2 is 2.00 bits per heavy atom. The van der Waals surface area contributed by atoms with Gasteiger partial charge in [0, 0.05) is 32.9 Å². The van der Waals surface area contributed by atoms with Gasteiger partial charge < -0.3 is 14.4 Å². The molecule has 0 atom stereocenters. The fourth-order valence-electron chi connectivity index (χ4n) is 4.23. The monoisotopic (exact) mass is 392 g/mol. The molecule has 5 heteroatoms. The molecule has 0 spiro atoms. The molecule has 1 fully saturated rings. The maximum atomic E-state index is 12.9. The van der Waals surface area contributed by atoms with Crippen LogP contribution in [-0.4, -0.2) is 53.0 Å². The van der Waals surface area contributed by atoms with Gasteiger partial charge in [0.05, 0.1) is 5.56 Å². The highest BCUT2D eigenvalue weighted by molar-refractivity contribution is 5.93. The van der Waals surface area contributed by atoms with Crippen LogP contribution in [-0.2, 0) is 13.5 Å². The minimum atomic E-state index is 0.0264. The number of aryl methyl sites for hydroxylation is 2. The smallest absolute Gasteiger partial charge is 0.270 e. The third-order valence-electron chi connectivity index (χ3n) is 6.17. The van der Waals surface area contributed by atoms with Crippen LogP contribution in [0.5, 0.6) is 0 Å². The number of amides is 1. The van der Waals surface area contributed by atoms with Crippen molar-refractivity contribution in [2.75, 3.05) is 32.7 Å². The van der Waals surface area contributed by atoms with Crippen LogP contribution in [0.1, 0.15) is 46.9 Å². The van der Waals surface area contributed by atoms with Crippen LogP contribution in [0.3, 0.4) is 0 Å². The number of hydrogen-bond donors (Lipinski definition) is 0. The average molecular weight is 393 g/mol. The van der Waals surface area contributed by atoms with Crippen LogP contribution in [0, 0.1) is 24.2 Å². The molecule has 2 aromatic rings. The maximum absolute atomic E-state index is 12.9. The summed E-state index contributed by atoms with van der Waals surface area (Å²) in [5.74, 6) is 0.572. The number of aromatic nitrogens is 1. The number of likely N-dealkylation sites (tertiary alicyclic amines) is 1. The van der Waals surface area contributed by atoms with E-state index in [0.717, 1.165) is 45.4 Å². The summed E-state index contributed by atoms with van der Waals surface area (Å²) in [6.07, 6.45) is 5.09. The first-order valence-electron chi connectivity index (χ1n) is 10.6. The van der Waals surface area contributed by atoms with Crippen molar-refractivity contribution in [1.82, 2.24) is 14.4 Å². The molecule has 3 rings (SSSR count). The highest BCUT2D eigenvalue weighted by Gasteiger charge is 2.25. The second-order valence-corrected chi connectivity index (χ2v) is 8.14. The average Bonchev–Trinajstić information content (AvgIpc) is 3.12. The van der Waals surface area contributed by atoms with Crippen molar-refractivity contribution in [3.05, 3.63) is 58.9 Å². The second-order valence-electron chi connectivity index (χ2n) is 8.14. The van der Waals surface area contributed by atoms with E-state index < -0.39 is 0 Å². The zero-order valence-electron chi connectivity index (χ0n) is 17.9. The molecule has 1 amide bonds. The molecule has 29 heavy (non-hydrogen) atoms. The van der Waals surface area contributed by atoms with Crippen LogP contribution in [0.15, 0.2) is 36.5 Å². The van der Waals surface area contributed by atoms with Gasteiger partial charge in [0.15, 0.2) is 0 Å². The minimum Gasteiger partial charge on any atom is -0.345 e. The first kappa shape index (κ1) is 21.1. The SMILES string of the molecule is CCN(CC1CCN(CCc2ccccc2C)CC1)C(=O)c1cc(C#N)cn1C. The maximum Gasteiger partial charge on any atom is 0.270 e. The first-order valence-corrected chi connectivity index (χ1v) is 10.6. The van der Waals surface area contributed by atoms with E-state index in [0.29, 0.717) is 23.7 Å². The number of carbonyl (C=O) groups excluding carboxylic acids is 1. The Morgan fingerprint density at radius 1 is 1.28 bits per heavy atom. The molecule has 0 unspecified atom stereocenters. The van der Waals surface area contributed by atoms with E-state index in [9.17, 15) is 4.79 Å². The highest BCUT2D eigenvalue weighted by Crippen LogP contribution is 2.20. The van der Waals surface area contributed by atoms with E-state index in [4.69, 9.17) is 5.26 Å². The number of benzene rings is 1. The zero-order valence-corrected chi connectivity index (χ0v) is 17.9. The van der Waals surface area contributed by atoms with Crippen molar-refractivity contribution < 1.29 is 4.79 Å². The summed E-state index contributed by atoms with van der Waals surface area (Å²) in [6, 6.07) is 12.4. The molecule has 2 heterocycles. The quantitative estimate of drug-likeness (QED) is 0.723. The predicted molar refractivity (Wildman–Crippen MR) is 116 cm³/mol. The number of nitriles is 1. The Kier molecular flexibility index (Phi) is 7.11. The van der Waals surface area contributed by atoms with Gasteiger partial charge in [0.1, 0.15) is 11.8 Å². The van der Waals surface area contributed by atoms with Crippen molar-refractivity contribution in [3.63, 3.8) is 0 Å². The van der Waals surface area contributed by atoms with Crippen LogP contribution in [0.4, 0.5) is 0 Å². The van der Waals surface area contributed by atoms with Gasteiger partial charge in [-0.1, -0.05) is 24.3 Å². The standard InChI is InChI=1S/C24H32N4O/c1-4-28(24(29)23-15-21(16-25)17-26(23)3)18-20-9-12-27(13-10-20)14-11-22-8-6-5-7-19(22)2/h5-8,15,17,20H,4,9-14,18H2,1-3H3. The summed E-state index contributed by atoms with van der Waals surface area (Å²) >= 11 is 0. The van der Waals surface area contributed by atoms with Gasteiger partial charge in [-0.2, -0.15) is 5.26 Å². The van der Waals surface area contributed by atoms with E-state index in [1.807, 2.05) is 18.9 Å². The third kappa shape index (κ3) is 5.27. The summed E-state index contributed by atoms with van der Waals surface area (Å²) in [6.45, 7) is 9.02. The molecule has 0 N–H and O–H groups in total. The molecule has 0 saturated carbocycles. The molecule has 1 aliphatic rings. The van der Waals surface area contributed by atoms with Crippen molar-refractivity contribution in [2.24, 2.45) is 13.0 Å². The Labute approximate surface area is 174 Å². The highest BCUT2D eigenvalue weighted by atomic mass is 16.2. The lowest BCUT2D eigenvalue weighted by Crippen LogP contribution is -2.41. The number of hydrogen-bond acceptors (Lipinski definition) is 3. The number of piperidine rings is 1. The van der Waals surface area contributed by atoms with Crippen molar-refractivity contribution in [3.8, 4) is 6.07 Å². The summed E-state index contributed by atoms with van der Waals surface area (Å²) in [4.78, 5) is 17.4. The summed E-state index contributed by atoms with van der Waals surface area (Å²) in [5.41, 5.74) is 3.95. The van der Waals surface area contributed by atoms with Gasteiger partial charge in [0.25, 0.3) is 5.91 Å². The van der Waals surface area contributed by atoms with E-state index in [2.05, 4.69) is 42.2 Å². The minimum absolute atomic E-state index is 0.0264. The number of rotatable bonds is 7. The normalized spacial score (nSPS) is 15.2. The van der Waals surface area contributed by atoms with Crippen molar-refractivity contribution in [2.45, 2.75) is 33.1 Å². The van der Waals surface area contributed by atoms with E-state index in [1.54, 1.807) is 16.8 Å². The zero-order chi connectivity index (χ0) is 20.8. The third-order valence-corrected chi connectivity index (χ3v) is 6.17. The molecule has 0 bridgehead atoms. The van der Waals surface area contributed by atoms with E-state index in [-0.39, 0.29) is 5.91 Å². The molecule has 1 aromatic carbocycles. The number of nitrogens with zero attached hydrogens (tertiary/aromatic N) is 4. The van der Waals surface area contributed by atoms with E-state index in [1.165, 1.54) is 11.1 Å². The fourth-order valence-corrected chi connectivity index (χ4v) is 4.23. The van der Waals surface area contributed by atoms with Gasteiger partial charge in [-0.15, -0.1) is 0 Å². The lowest BCUT2D eigenvalue weighted by Gasteiger charge is -2.34. The molecule has 1 aromatic heterocycles. The predicted octanol–water partition coefficient (Wildman–Crippen LogP) is 3.62. The largest absolute Gasteiger partial charge is 0.345 e. The topological polar surface area (TPSA) is 52.3 Å². The fraction of sp³-hybridized carbons (Fsp3) is 0.500. The van der Waals surface area contributed by atoms with Crippen LogP contribution in [0.25, 0.3) is 0 Å². The molecular weight excluding hydrogens is 360 g/mol. The Hall–Kier alpha value is -2.58. The molecule has 0 radical (unpaired) electrons. The summed E-state index contributed by atoms with van der Waals surface area (Å²) in [7, 11) is 1.83. The lowest BCUT2D eigenvalue weighted by atomic mass is 9.95. The van der Waals surface area contributed by atoms with Crippen LogP contribution >= 0.6 is 0 Å². The van der Waals surface area contributed by atoms with Crippen LogP contribution in [0.2, 0.25) is 0 Å². The Balaban J connectivity index is 1.50. The van der Waals surface area contributed by atoms with Crippen molar-refractivity contribution >= 4 is 5.91 Å². The van der Waals surface area contributed by atoms with Gasteiger partial charge in [-0.3, -0.25) is 4.79 Å². The molecular formula is C24H32N4O. The second kappa shape index (κ2) is 9.76. The van der Waals surface area contributed by atoms with Crippen LogP contribution < -0.4 is 0 Å². The summed E-state index contributed by atoms with van der Waals surface area (Å²) in [5, 5.41) is 9.08. The van der Waals surface area contributed by atoms with Gasteiger partial charge in [-0.05, 0) is 69.3 Å². The van der Waals surface area contributed by atoms with Crippen molar-refractivity contribution in [1.29, 1.82) is 5.26 Å². The van der Waals surface area contributed by atoms with Gasteiger partial charge >= 0.3 is 0 Å². The number of carbonyl (C=O) groups is 1. The molecule has 5 nitrogen and oxygen atoms in total. The molecule has 154 valence electrons.